The summed E-state index contributed by atoms with van der Waals surface area (Å²) < 4.78 is 0. The van der Waals surface area contributed by atoms with E-state index in [1.165, 1.54) is 6.33 Å². The number of nitrogens with one attached hydrogen (secondary N) is 2. The molecule has 1 amide bonds. The molecule has 0 radical (unpaired) electrons. The van der Waals surface area contributed by atoms with E-state index in [1.807, 2.05) is 0 Å². The van der Waals surface area contributed by atoms with Crippen molar-refractivity contribution in [1.29, 1.82) is 0 Å². The van der Waals surface area contributed by atoms with Gasteiger partial charge in [0.25, 0.3) is 0 Å². The Morgan fingerprint density at radius 1 is 1.64 bits per heavy atom. The Labute approximate surface area is 82.3 Å². The highest BCUT2D eigenvalue weighted by molar-refractivity contribution is 5.75. The minimum absolute atomic E-state index is 0.0370. The third kappa shape index (κ3) is 3.99. The van der Waals surface area contributed by atoms with Gasteiger partial charge in [-0.2, -0.15) is 5.10 Å². The molecular weight excluding hydrogens is 182 g/mol. The third-order valence-electron chi connectivity index (χ3n) is 1.76. The quantitative estimate of drug-likeness (QED) is 0.556. The van der Waals surface area contributed by atoms with Crippen molar-refractivity contribution in [3.8, 4) is 0 Å². The average Bonchev–Trinajstić information content (AvgIpc) is 2.67. The first kappa shape index (κ1) is 10.6. The van der Waals surface area contributed by atoms with Crippen LogP contribution in [0.15, 0.2) is 6.33 Å². The van der Waals surface area contributed by atoms with Crippen LogP contribution in [0.3, 0.4) is 0 Å². The van der Waals surface area contributed by atoms with Crippen molar-refractivity contribution < 1.29 is 4.79 Å². The van der Waals surface area contributed by atoms with Gasteiger partial charge < -0.3 is 11.1 Å². The Kier molecular flexibility index (Phi) is 4.63. The monoisotopic (exact) mass is 197 g/mol. The molecule has 0 saturated heterocycles. The van der Waals surface area contributed by atoms with Crippen LogP contribution in [-0.4, -0.2) is 34.2 Å². The topological polar surface area (TPSA) is 96.7 Å². The average molecular weight is 197 g/mol. The number of carbonyl (C=O) groups excluding carboxylic acids is 1. The fourth-order valence-electron chi connectivity index (χ4n) is 1.02. The van der Waals surface area contributed by atoms with Crippen molar-refractivity contribution in [3.05, 3.63) is 12.2 Å². The van der Waals surface area contributed by atoms with Gasteiger partial charge in [0.2, 0.25) is 5.91 Å². The Balaban J connectivity index is 2.06. The summed E-state index contributed by atoms with van der Waals surface area (Å²) in [5, 5.41) is 9.20. The number of aromatic nitrogens is 3. The maximum Gasteiger partial charge on any atom is 0.220 e. The molecule has 0 bridgehead atoms. The zero-order valence-corrected chi connectivity index (χ0v) is 7.99. The molecule has 0 atom stereocenters. The Hall–Kier alpha value is -1.43. The van der Waals surface area contributed by atoms with E-state index in [-0.39, 0.29) is 5.91 Å². The second-order valence-electron chi connectivity index (χ2n) is 2.92. The number of rotatable bonds is 6. The second-order valence-corrected chi connectivity index (χ2v) is 2.92. The number of nitrogens with zero attached hydrogens (tertiary/aromatic N) is 2. The minimum Gasteiger partial charge on any atom is -0.356 e. The molecule has 1 aromatic rings. The van der Waals surface area contributed by atoms with Crippen molar-refractivity contribution in [2.45, 2.75) is 19.3 Å². The molecule has 0 saturated carbocycles. The highest BCUT2D eigenvalue weighted by Gasteiger charge is 2.00. The molecule has 0 spiro atoms. The van der Waals surface area contributed by atoms with E-state index >= 15 is 0 Å². The lowest BCUT2D eigenvalue weighted by Gasteiger charge is -2.02. The van der Waals surface area contributed by atoms with Crippen LogP contribution >= 0.6 is 0 Å². The fourth-order valence-corrected chi connectivity index (χ4v) is 1.02. The Morgan fingerprint density at radius 3 is 3.14 bits per heavy atom. The predicted octanol–water partition coefficient (Wildman–Crippen LogP) is -0.798. The van der Waals surface area contributed by atoms with Crippen molar-refractivity contribution in [2.75, 3.05) is 13.1 Å². The summed E-state index contributed by atoms with van der Waals surface area (Å²) in [5.41, 5.74) is 5.28. The number of nitrogens with two attached hydrogens (primary N) is 1. The van der Waals surface area contributed by atoms with Crippen molar-refractivity contribution in [2.24, 2.45) is 5.73 Å². The standard InChI is InChI=1S/C8H15N5O/c9-4-1-2-8(14)10-5-3-7-11-6-12-13-7/h6H,1-5,9H2,(H,10,14)(H,11,12,13). The lowest BCUT2D eigenvalue weighted by atomic mass is 10.3. The van der Waals surface area contributed by atoms with Crippen LogP contribution in [0, 0.1) is 0 Å². The largest absolute Gasteiger partial charge is 0.356 e. The van der Waals surface area contributed by atoms with Crippen LogP contribution in [0.1, 0.15) is 18.7 Å². The number of H-pyrrole nitrogens is 1. The van der Waals surface area contributed by atoms with Gasteiger partial charge in [0, 0.05) is 19.4 Å². The fraction of sp³-hybridized carbons (Fsp3) is 0.625. The summed E-state index contributed by atoms with van der Waals surface area (Å²) in [5.74, 6) is 0.819. The van der Waals surface area contributed by atoms with Gasteiger partial charge in [-0.3, -0.25) is 9.89 Å². The first-order valence-electron chi connectivity index (χ1n) is 4.64. The van der Waals surface area contributed by atoms with Crippen LogP contribution in [0.2, 0.25) is 0 Å². The van der Waals surface area contributed by atoms with E-state index in [0.717, 1.165) is 12.2 Å². The summed E-state index contributed by atoms with van der Waals surface area (Å²) in [4.78, 5) is 15.1. The molecule has 0 fully saturated rings. The van der Waals surface area contributed by atoms with Gasteiger partial charge in [-0.15, -0.1) is 0 Å². The van der Waals surface area contributed by atoms with Crippen molar-refractivity contribution >= 4 is 5.91 Å². The van der Waals surface area contributed by atoms with E-state index in [9.17, 15) is 4.79 Å². The zero-order valence-electron chi connectivity index (χ0n) is 7.99. The molecule has 0 unspecified atom stereocenters. The summed E-state index contributed by atoms with van der Waals surface area (Å²) in [6.45, 7) is 1.13. The number of hydrogen-bond donors (Lipinski definition) is 3. The Bertz CT molecular complexity index is 259. The molecular formula is C8H15N5O. The molecule has 0 aliphatic heterocycles. The third-order valence-corrected chi connectivity index (χ3v) is 1.76. The van der Waals surface area contributed by atoms with E-state index < -0.39 is 0 Å². The Morgan fingerprint density at radius 2 is 2.50 bits per heavy atom. The summed E-state index contributed by atoms with van der Waals surface area (Å²) in [7, 11) is 0. The molecule has 1 aromatic heterocycles. The maximum absolute atomic E-state index is 11.1. The molecule has 78 valence electrons. The molecule has 4 N–H and O–H groups in total. The maximum atomic E-state index is 11.1. The first-order chi connectivity index (χ1) is 6.83. The van der Waals surface area contributed by atoms with Crippen molar-refractivity contribution in [1.82, 2.24) is 20.5 Å². The highest BCUT2D eigenvalue weighted by Crippen LogP contribution is 1.88. The molecule has 0 aromatic carbocycles. The molecule has 6 heteroatoms. The zero-order chi connectivity index (χ0) is 10.2. The van der Waals surface area contributed by atoms with Gasteiger partial charge in [-0.25, -0.2) is 4.98 Å². The highest BCUT2D eigenvalue weighted by atomic mass is 16.1. The van der Waals surface area contributed by atoms with Crippen LogP contribution in [0.25, 0.3) is 0 Å². The lowest BCUT2D eigenvalue weighted by molar-refractivity contribution is -0.121. The normalized spacial score (nSPS) is 10.1. The number of hydrogen-bond acceptors (Lipinski definition) is 4. The van der Waals surface area contributed by atoms with Gasteiger partial charge in [0.05, 0.1) is 0 Å². The number of aromatic amines is 1. The first-order valence-corrected chi connectivity index (χ1v) is 4.64. The van der Waals surface area contributed by atoms with Gasteiger partial charge in [-0.05, 0) is 13.0 Å². The second kappa shape index (κ2) is 6.09. The van der Waals surface area contributed by atoms with Gasteiger partial charge in [-0.1, -0.05) is 0 Å². The molecule has 14 heavy (non-hydrogen) atoms. The summed E-state index contributed by atoms with van der Waals surface area (Å²) >= 11 is 0. The predicted molar refractivity (Wildman–Crippen MR) is 51.4 cm³/mol. The van der Waals surface area contributed by atoms with E-state index in [1.54, 1.807) is 0 Å². The lowest BCUT2D eigenvalue weighted by Crippen LogP contribution is -2.26. The van der Waals surface area contributed by atoms with Crippen LogP contribution in [-0.2, 0) is 11.2 Å². The van der Waals surface area contributed by atoms with Gasteiger partial charge in [0.15, 0.2) is 0 Å². The number of amides is 1. The van der Waals surface area contributed by atoms with Crippen LogP contribution in [0.4, 0.5) is 0 Å². The van der Waals surface area contributed by atoms with E-state index in [4.69, 9.17) is 5.73 Å². The van der Waals surface area contributed by atoms with Gasteiger partial charge >= 0.3 is 0 Å². The SMILES string of the molecule is NCCCC(=O)NCCc1ncn[nH]1. The summed E-state index contributed by atoms with van der Waals surface area (Å²) in [6, 6.07) is 0. The molecule has 0 aliphatic rings. The van der Waals surface area contributed by atoms with Gasteiger partial charge in [0.1, 0.15) is 12.2 Å². The molecule has 1 heterocycles. The van der Waals surface area contributed by atoms with E-state index in [2.05, 4.69) is 20.5 Å². The molecule has 1 rings (SSSR count). The smallest absolute Gasteiger partial charge is 0.220 e. The number of carbonyl (C=O) groups is 1. The van der Waals surface area contributed by atoms with Crippen LogP contribution in [0.5, 0.6) is 0 Å². The van der Waals surface area contributed by atoms with Crippen LogP contribution < -0.4 is 11.1 Å². The van der Waals surface area contributed by atoms with E-state index in [0.29, 0.717) is 25.9 Å². The minimum atomic E-state index is 0.0370. The molecule has 0 aliphatic carbocycles. The van der Waals surface area contributed by atoms with Crippen molar-refractivity contribution in [3.63, 3.8) is 0 Å². The summed E-state index contributed by atoms with van der Waals surface area (Å²) in [6.07, 6.45) is 3.35. The molecule has 6 nitrogen and oxygen atoms in total.